The largest absolute Gasteiger partial charge is 0.489 e. The number of hydrogen-bond donors (Lipinski definition) is 1. The first-order chi connectivity index (χ1) is 22.6. The number of alkyl halides is 1. The predicted molar refractivity (Wildman–Crippen MR) is 176 cm³/mol. The number of nitriles is 1. The molecular formula is C33H33ClF3N7O2S. The van der Waals surface area contributed by atoms with Crippen LogP contribution in [-0.2, 0) is 0 Å². The Bertz CT molecular complexity index is 2000. The van der Waals surface area contributed by atoms with Crippen molar-refractivity contribution in [2.24, 2.45) is 0 Å². The third kappa shape index (κ3) is 4.70. The Balaban J connectivity index is 1.33. The van der Waals surface area contributed by atoms with E-state index < -0.39 is 23.3 Å². The zero-order chi connectivity index (χ0) is 32.8. The summed E-state index contributed by atoms with van der Waals surface area (Å²) in [5.41, 5.74) is 5.66. The zero-order valence-corrected chi connectivity index (χ0v) is 27.6. The van der Waals surface area contributed by atoms with Crippen molar-refractivity contribution >= 4 is 54.7 Å². The Morgan fingerprint density at radius 3 is 2.77 bits per heavy atom. The van der Waals surface area contributed by atoms with Crippen molar-refractivity contribution in [3.8, 4) is 29.0 Å². The smallest absolute Gasteiger partial charge is 0.319 e. The Kier molecular flexibility index (Phi) is 7.18. The maximum absolute atomic E-state index is 17.2. The molecule has 2 aromatic heterocycles. The van der Waals surface area contributed by atoms with Gasteiger partial charge in [0, 0.05) is 36.0 Å². The molecule has 8 rings (SSSR count). The van der Waals surface area contributed by atoms with Gasteiger partial charge >= 0.3 is 6.01 Å². The van der Waals surface area contributed by atoms with Crippen LogP contribution in [-0.4, -0.2) is 90.5 Å². The van der Waals surface area contributed by atoms with Crippen LogP contribution in [0.2, 0.25) is 5.02 Å². The lowest BCUT2D eigenvalue weighted by atomic mass is 9.95. The topological polar surface area (TPSA) is 104 Å². The second-order valence-electron chi connectivity index (χ2n) is 13.4. The monoisotopic (exact) mass is 683 g/mol. The number of anilines is 2. The van der Waals surface area contributed by atoms with E-state index in [4.69, 9.17) is 31.8 Å². The average molecular weight is 684 g/mol. The van der Waals surface area contributed by atoms with Gasteiger partial charge in [0.05, 0.1) is 32.8 Å². The first-order valence-corrected chi connectivity index (χ1v) is 17.0. The number of hydrogen-bond acceptors (Lipinski definition) is 10. The fourth-order valence-electron chi connectivity index (χ4n) is 7.82. The van der Waals surface area contributed by atoms with Crippen molar-refractivity contribution in [3.63, 3.8) is 0 Å². The van der Waals surface area contributed by atoms with Crippen LogP contribution >= 0.6 is 22.9 Å². The van der Waals surface area contributed by atoms with E-state index in [1.165, 1.54) is 12.1 Å². The van der Waals surface area contributed by atoms with Gasteiger partial charge in [-0.05, 0) is 58.0 Å². The number of rotatable bonds is 7. The number of ether oxygens (including phenoxy) is 2. The van der Waals surface area contributed by atoms with E-state index in [2.05, 4.69) is 19.7 Å². The summed E-state index contributed by atoms with van der Waals surface area (Å²) in [7, 11) is 4.09. The fraction of sp³-hybridized carbons (Fsp3) is 0.485. The molecule has 3 aliphatic heterocycles. The number of nitrogen functional groups attached to an aromatic ring is 1. The van der Waals surface area contributed by atoms with Crippen molar-refractivity contribution in [2.75, 3.05) is 64.1 Å². The number of thiophene rings is 1. The molecule has 9 nitrogen and oxygen atoms in total. The molecule has 1 aliphatic carbocycles. The summed E-state index contributed by atoms with van der Waals surface area (Å²) in [6.07, 6.45) is 3.18. The molecule has 0 unspecified atom stereocenters. The number of halogens is 4. The predicted octanol–water partition coefficient (Wildman–Crippen LogP) is 6.15. The van der Waals surface area contributed by atoms with Gasteiger partial charge < -0.3 is 25.0 Å². The summed E-state index contributed by atoms with van der Waals surface area (Å²) < 4.78 is 59.3. The summed E-state index contributed by atoms with van der Waals surface area (Å²) in [6.45, 7) is 2.65. The van der Waals surface area contributed by atoms with Crippen molar-refractivity contribution < 1.29 is 22.6 Å². The van der Waals surface area contributed by atoms with E-state index in [0.717, 1.165) is 43.6 Å². The summed E-state index contributed by atoms with van der Waals surface area (Å²) >= 11 is 7.95. The molecule has 0 radical (unpaired) electrons. The molecule has 2 aromatic carbocycles. The molecule has 0 bridgehead atoms. The molecule has 14 heteroatoms. The second-order valence-corrected chi connectivity index (χ2v) is 14.8. The van der Waals surface area contributed by atoms with Crippen molar-refractivity contribution in [3.05, 3.63) is 34.4 Å². The normalized spacial score (nSPS) is 23.3. The van der Waals surface area contributed by atoms with Crippen LogP contribution in [0.15, 0.2) is 12.1 Å². The van der Waals surface area contributed by atoms with Gasteiger partial charge in [0.2, 0.25) is 0 Å². The van der Waals surface area contributed by atoms with Gasteiger partial charge in [-0.15, -0.1) is 11.3 Å². The first kappa shape index (κ1) is 30.7. The Labute approximate surface area is 278 Å². The van der Waals surface area contributed by atoms with Crippen LogP contribution in [0.3, 0.4) is 0 Å². The lowest BCUT2D eigenvalue weighted by Gasteiger charge is -2.32. The highest BCUT2D eigenvalue weighted by Gasteiger charge is 2.50. The van der Waals surface area contributed by atoms with Gasteiger partial charge in [0.25, 0.3) is 0 Å². The van der Waals surface area contributed by atoms with Gasteiger partial charge in [-0.1, -0.05) is 17.7 Å². The molecule has 0 amide bonds. The Morgan fingerprint density at radius 1 is 1.21 bits per heavy atom. The lowest BCUT2D eigenvalue weighted by molar-refractivity contribution is 0.107. The van der Waals surface area contributed by atoms with Gasteiger partial charge in [0.15, 0.2) is 11.6 Å². The molecule has 47 heavy (non-hydrogen) atoms. The molecular weight excluding hydrogens is 651 g/mol. The quantitative estimate of drug-likeness (QED) is 0.246. The van der Waals surface area contributed by atoms with E-state index in [0.29, 0.717) is 37.3 Å². The molecule has 1 saturated carbocycles. The third-order valence-electron chi connectivity index (χ3n) is 10.5. The highest BCUT2D eigenvalue weighted by Crippen LogP contribution is 2.51. The fourth-order valence-corrected chi connectivity index (χ4v) is 9.10. The molecule has 2 atom stereocenters. The highest BCUT2D eigenvalue weighted by molar-refractivity contribution is 7.23. The Hall–Kier alpha value is -3.57. The second kappa shape index (κ2) is 11.0. The molecule has 246 valence electrons. The van der Waals surface area contributed by atoms with Gasteiger partial charge in [-0.2, -0.15) is 15.2 Å². The third-order valence-corrected chi connectivity index (χ3v) is 11.9. The lowest BCUT2D eigenvalue weighted by Crippen LogP contribution is -2.44. The number of fused-ring (bicyclic) bond motifs is 2. The molecule has 2 saturated heterocycles. The van der Waals surface area contributed by atoms with E-state index in [-0.39, 0.29) is 72.8 Å². The van der Waals surface area contributed by atoms with Crippen LogP contribution in [0.25, 0.3) is 32.1 Å². The van der Waals surface area contributed by atoms with Crippen LogP contribution in [0.5, 0.6) is 11.8 Å². The van der Waals surface area contributed by atoms with Crippen LogP contribution < -0.4 is 20.1 Å². The van der Waals surface area contributed by atoms with Gasteiger partial charge in [0.1, 0.15) is 47.6 Å². The van der Waals surface area contributed by atoms with Gasteiger partial charge in [-0.25, -0.2) is 13.2 Å². The van der Waals surface area contributed by atoms with E-state index in [9.17, 15) is 14.0 Å². The van der Waals surface area contributed by atoms with Crippen molar-refractivity contribution in [2.45, 2.75) is 49.4 Å². The van der Waals surface area contributed by atoms with E-state index >= 15 is 4.39 Å². The van der Waals surface area contributed by atoms with Crippen molar-refractivity contribution in [1.82, 2.24) is 19.8 Å². The summed E-state index contributed by atoms with van der Waals surface area (Å²) in [6, 6.07) is 4.61. The molecule has 4 aliphatic rings. The standard InChI is InChI=1S/C33H33ClF3N7O2S/c1-42(2)32(7-8-32)15-43-10-11-45-27-23-26(40-31(41-30(23)43)46-16-33-6-3-9-44(33)14-17(35)12-33)25(37)22(24(27)34)18-4-5-20(36)28-21(18)19(13-38)29(39)47-28/h4-5,17H,3,6-12,14-16,39H2,1-2H3/t17-,33+/m1/s1. The van der Waals surface area contributed by atoms with Crippen LogP contribution in [0.1, 0.15) is 37.7 Å². The van der Waals surface area contributed by atoms with E-state index in [1.54, 1.807) is 0 Å². The number of likely N-dealkylation sites (N-methyl/N-ethyl adjacent to an activating group) is 1. The molecule has 5 heterocycles. The molecule has 0 spiro atoms. The number of nitrogens with zero attached hydrogens (tertiary/aromatic N) is 6. The number of nitrogens with two attached hydrogens (primary N) is 1. The zero-order valence-electron chi connectivity index (χ0n) is 26.0. The van der Waals surface area contributed by atoms with E-state index in [1.807, 2.05) is 20.2 Å². The minimum Gasteiger partial charge on any atom is -0.489 e. The summed E-state index contributed by atoms with van der Waals surface area (Å²) in [5.74, 6) is -0.724. The molecule has 4 aromatic rings. The average Bonchev–Trinajstić information content (AvgIpc) is 3.54. The number of benzene rings is 2. The minimum atomic E-state index is -0.934. The van der Waals surface area contributed by atoms with Gasteiger partial charge in [-0.3, -0.25) is 4.90 Å². The SMILES string of the molecule is CN(C)C1(CN2CCOc3c(Cl)c(-c4ccc(F)c5sc(N)c(C#N)c45)c(F)c4nc(OC[C@@]56CCCN5C[C@H](F)C6)nc2c34)CC1. The summed E-state index contributed by atoms with van der Waals surface area (Å²) in [4.78, 5) is 15.9. The van der Waals surface area contributed by atoms with Crippen molar-refractivity contribution in [1.29, 1.82) is 5.26 Å². The maximum atomic E-state index is 17.2. The molecule has 2 N–H and O–H groups in total. The summed E-state index contributed by atoms with van der Waals surface area (Å²) in [5, 5.41) is 10.5. The molecule has 3 fully saturated rings. The highest BCUT2D eigenvalue weighted by atomic mass is 35.5. The Morgan fingerprint density at radius 2 is 2.02 bits per heavy atom. The maximum Gasteiger partial charge on any atom is 0.319 e. The van der Waals surface area contributed by atoms with Crippen LogP contribution in [0, 0.1) is 23.0 Å². The van der Waals surface area contributed by atoms with Crippen LogP contribution in [0.4, 0.5) is 24.0 Å². The number of aromatic nitrogens is 2. The minimum absolute atomic E-state index is 0.0301. The first-order valence-electron chi connectivity index (χ1n) is 15.8.